The van der Waals surface area contributed by atoms with E-state index in [1.165, 1.54) is 30.5 Å². The number of aliphatic imine (C=N–C) groups is 1. The van der Waals surface area contributed by atoms with Crippen molar-refractivity contribution >= 4 is 76.0 Å². The van der Waals surface area contributed by atoms with E-state index in [0.717, 1.165) is 6.92 Å². The highest BCUT2D eigenvalue weighted by atomic mass is 16.4. The molecule has 0 saturated heterocycles. The number of H-pyrrole nitrogens is 1. The van der Waals surface area contributed by atoms with Crippen molar-refractivity contribution in [2.45, 2.75) is 76.5 Å². The number of fused-ring (bicyclic) bond motifs is 1. The van der Waals surface area contributed by atoms with E-state index in [0.29, 0.717) is 11.4 Å². The number of guanidine groups is 1. The van der Waals surface area contributed by atoms with Crippen LogP contribution in [0.5, 0.6) is 0 Å². The SMILES string of the molecule is CC(=O)[C@H](CC(=O)O)NC(=O)[C@H](CCCN=C(N)N)CC(=O)[C@H](CC(=O)O)NC(=O)CC[C@H](NC(=O)c1ccc(NCc2cnc3nc(N)[nH]c(=O)c3n2)cc1)C(=O)O. The van der Waals surface area contributed by atoms with Crippen molar-refractivity contribution < 1.29 is 53.7 Å². The minimum atomic E-state index is -1.67. The quantitative estimate of drug-likeness (QED) is 0.0264. The molecule has 1 aromatic carbocycles. The highest BCUT2D eigenvalue weighted by molar-refractivity contribution is 5.98. The minimum absolute atomic E-state index is 0.00882. The Morgan fingerprint density at radius 1 is 0.847 bits per heavy atom. The van der Waals surface area contributed by atoms with Gasteiger partial charge in [-0.1, -0.05) is 0 Å². The number of carbonyl (C=O) groups is 8. The average Bonchev–Trinajstić information content (AvgIpc) is 3.15. The number of nitrogens with zero attached hydrogens (tertiary/aromatic N) is 4. The molecular weight excluding hydrogens is 780 g/mol. The van der Waals surface area contributed by atoms with Gasteiger partial charge in [-0.2, -0.15) is 4.98 Å². The van der Waals surface area contributed by atoms with Crippen LogP contribution in [0.15, 0.2) is 40.2 Å². The highest BCUT2D eigenvalue weighted by Crippen LogP contribution is 2.17. The van der Waals surface area contributed by atoms with Crippen LogP contribution in [0.2, 0.25) is 0 Å². The van der Waals surface area contributed by atoms with E-state index in [4.69, 9.17) is 22.3 Å². The maximum absolute atomic E-state index is 13.4. The molecule has 0 fully saturated rings. The third-order valence-corrected chi connectivity index (χ3v) is 8.48. The normalized spacial score (nSPS) is 12.8. The van der Waals surface area contributed by atoms with Gasteiger partial charge in [-0.3, -0.25) is 48.3 Å². The molecule has 0 spiro atoms. The first-order valence-corrected chi connectivity index (χ1v) is 17.8. The number of Topliss-reactive ketones (excluding diaryl/α,β-unsaturated/α-hetero) is 2. The van der Waals surface area contributed by atoms with Gasteiger partial charge >= 0.3 is 17.9 Å². The van der Waals surface area contributed by atoms with Gasteiger partial charge < -0.3 is 53.8 Å². The van der Waals surface area contributed by atoms with Crippen molar-refractivity contribution in [1.29, 1.82) is 0 Å². The van der Waals surface area contributed by atoms with E-state index in [9.17, 15) is 53.4 Å². The average molecular weight is 825 g/mol. The lowest BCUT2D eigenvalue weighted by molar-refractivity contribution is -0.141. The van der Waals surface area contributed by atoms with Crippen molar-refractivity contribution in [2.24, 2.45) is 22.4 Å². The van der Waals surface area contributed by atoms with Crippen molar-refractivity contribution in [1.82, 2.24) is 35.9 Å². The third kappa shape index (κ3) is 15.1. The van der Waals surface area contributed by atoms with Gasteiger partial charge in [0.15, 0.2) is 28.7 Å². The van der Waals surface area contributed by atoms with Gasteiger partial charge in [0.1, 0.15) is 6.04 Å². The van der Waals surface area contributed by atoms with Crippen LogP contribution in [0.4, 0.5) is 11.6 Å². The standard InChI is InChI=1S/C35H44N12O12/c1-16(48)22(12-26(51)52)45-31(56)18(3-2-10-39-34(36)37)11-24(49)23(13-27(53)54)43-25(50)9-8-21(33(58)59)44-30(55)17-4-6-19(7-5-17)40-14-20-15-41-29-28(42-20)32(57)47-35(38)46-29/h4-7,15,18,21-23,40H,2-3,8-14H2,1H3,(H,43,50)(H,44,55)(H,45,56)(H,51,52)(H,53,54)(H,58,59)(H4,36,37,39)(H3,38,41,46,47,57)/t18-,21+,22+,23+/m1/s1. The second-order valence-electron chi connectivity index (χ2n) is 13.1. The first-order chi connectivity index (χ1) is 27.8. The molecule has 0 unspecified atom stereocenters. The first-order valence-electron chi connectivity index (χ1n) is 17.8. The molecule has 3 aromatic rings. The number of nitrogens with one attached hydrogen (secondary N) is 5. The number of nitrogen functional groups attached to an aromatic ring is 1. The molecule has 24 heteroatoms. The summed E-state index contributed by atoms with van der Waals surface area (Å²) in [6.45, 7) is 1.23. The lowest BCUT2D eigenvalue weighted by Crippen LogP contribution is -2.47. The number of carboxylic acid groups (broad SMARTS) is 3. The largest absolute Gasteiger partial charge is 0.481 e. The number of amides is 3. The summed E-state index contributed by atoms with van der Waals surface area (Å²) < 4.78 is 0. The van der Waals surface area contributed by atoms with Gasteiger partial charge in [0.2, 0.25) is 17.8 Å². The number of ketones is 2. The number of hydrogen-bond donors (Lipinski definition) is 11. The molecule has 3 amide bonds. The number of nitrogens with two attached hydrogens (primary N) is 3. The number of aromatic amines is 1. The van der Waals surface area contributed by atoms with Gasteiger partial charge in [-0.05, 0) is 50.5 Å². The number of carbonyl (C=O) groups excluding carboxylic acids is 5. The maximum atomic E-state index is 13.4. The van der Waals surface area contributed by atoms with Crippen LogP contribution in [0.1, 0.15) is 67.9 Å². The summed E-state index contributed by atoms with van der Waals surface area (Å²) in [6, 6.07) is 1.17. The van der Waals surface area contributed by atoms with Crippen LogP contribution in [-0.4, -0.2) is 113 Å². The highest BCUT2D eigenvalue weighted by Gasteiger charge is 2.31. The molecule has 0 radical (unpaired) electrons. The van der Waals surface area contributed by atoms with Crippen molar-refractivity contribution in [3.05, 3.63) is 52.1 Å². The molecule has 2 aromatic heterocycles. The predicted molar refractivity (Wildman–Crippen MR) is 206 cm³/mol. The Morgan fingerprint density at radius 2 is 1.51 bits per heavy atom. The van der Waals surface area contributed by atoms with Crippen LogP contribution in [-0.2, 0) is 40.1 Å². The summed E-state index contributed by atoms with van der Waals surface area (Å²) >= 11 is 0. The zero-order valence-electron chi connectivity index (χ0n) is 31.6. The molecule has 0 aliphatic rings. The Balaban J connectivity index is 1.61. The van der Waals surface area contributed by atoms with E-state index in [-0.39, 0.29) is 54.6 Å². The molecule has 4 atom stereocenters. The molecule has 0 bridgehead atoms. The minimum Gasteiger partial charge on any atom is -0.481 e. The van der Waals surface area contributed by atoms with Crippen LogP contribution in [0.3, 0.4) is 0 Å². The molecule has 0 aliphatic carbocycles. The summed E-state index contributed by atoms with van der Waals surface area (Å²) in [4.78, 5) is 130. The second-order valence-corrected chi connectivity index (χ2v) is 13.1. The fourth-order valence-electron chi connectivity index (χ4n) is 5.47. The van der Waals surface area contributed by atoms with Crippen LogP contribution >= 0.6 is 0 Å². The summed E-state index contributed by atoms with van der Waals surface area (Å²) in [7, 11) is 0. The first kappa shape index (κ1) is 45.9. The van der Waals surface area contributed by atoms with Crippen molar-refractivity contribution in [2.75, 3.05) is 17.6 Å². The molecule has 316 valence electrons. The predicted octanol–water partition coefficient (Wildman–Crippen LogP) is -1.99. The number of anilines is 2. The Labute approximate surface area is 333 Å². The van der Waals surface area contributed by atoms with Gasteiger partial charge in [0.05, 0.1) is 43.4 Å². The molecule has 2 heterocycles. The molecule has 59 heavy (non-hydrogen) atoms. The smallest absolute Gasteiger partial charge is 0.326 e. The fourth-order valence-corrected chi connectivity index (χ4v) is 5.47. The van der Waals surface area contributed by atoms with Crippen LogP contribution in [0.25, 0.3) is 11.2 Å². The molecule has 3 rings (SSSR count). The topological polar surface area (TPSA) is 407 Å². The van der Waals surface area contributed by atoms with E-state index in [1.807, 2.05) is 0 Å². The molecule has 14 N–H and O–H groups in total. The summed E-state index contributed by atoms with van der Waals surface area (Å²) in [5.74, 6) is -10.1. The molecule has 24 nitrogen and oxygen atoms in total. The Bertz CT molecular complexity index is 2150. The third-order valence-electron chi connectivity index (χ3n) is 8.48. The van der Waals surface area contributed by atoms with Crippen molar-refractivity contribution in [3.8, 4) is 0 Å². The van der Waals surface area contributed by atoms with Crippen molar-refractivity contribution in [3.63, 3.8) is 0 Å². The van der Waals surface area contributed by atoms with Gasteiger partial charge in [-0.15, -0.1) is 0 Å². The number of carboxylic acids is 3. The Kier molecular flexibility index (Phi) is 16.9. The van der Waals surface area contributed by atoms with Crippen LogP contribution < -0.4 is 44.0 Å². The Morgan fingerprint density at radius 3 is 2.12 bits per heavy atom. The number of aliphatic carboxylic acids is 3. The summed E-state index contributed by atoms with van der Waals surface area (Å²) in [5, 5.41) is 38.2. The number of aromatic nitrogens is 4. The number of rotatable bonds is 24. The van der Waals surface area contributed by atoms with Gasteiger partial charge in [0, 0.05) is 36.6 Å². The zero-order chi connectivity index (χ0) is 43.8. The number of hydrogen-bond acceptors (Lipinski definition) is 15. The molecule has 0 saturated carbocycles. The number of benzene rings is 1. The maximum Gasteiger partial charge on any atom is 0.326 e. The van der Waals surface area contributed by atoms with Gasteiger partial charge in [-0.25, -0.2) is 14.8 Å². The van der Waals surface area contributed by atoms with E-state index < -0.39 is 109 Å². The zero-order valence-corrected chi connectivity index (χ0v) is 31.6. The van der Waals surface area contributed by atoms with E-state index in [2.05, 4.69) is 46.2 Å². The Hall–Kier alpha value is -7.53. The second kappa shape index (κ2) is 21.7. The summed E-state index contributed by atoms with van der Waals surface area (Å²) in [6.07, 6.45) is -1.84. The molecular formula is C35H44N12O12. The fraction of sp³-hybridized carbons (Fsp3) is 0.400. The van der Waals surface area contributed by atoms with Gasteiger partial charge in [0.25, 0.3) is 11.5 Å². The van der Waals surface area contributed by atoms with E-state index in [1.54, 1.807) is 0 Å². The summed E-state index contributed by atoms with van der Waals surface area (Å²) in [5.41, 5.74) is 16.6. The lowest BCUT2D eigenvalue weighted by atomic mass is 9.91. The lowest BCUT2D eigenvalue weighted by Gasteiger charge is -2.22. The molecule has 0 aliphatic heterocycles. The monoisotopic (exact) mass is 824 g/mol. The van der Waals surface area contributed by atoms with E-state index >= 15 is 0 Å². The van der Waals surface area contributed by atoms with Crippen LogP contribution in [0, 0.1) is 5.92 Å².